The summed E-state index contributed by atoms with van der Waals surface area (Å²) in [6.07, 6.45) is 4.95. The van der Waals surface area contributed by atoms with E-state index in [0.29, 0.717) is 17.0 Å². The summed E-state index contributed by atoms with van der Waals surface area (Å²) >= 11 is 0. The van der Waals surface area contributed by atoms with Crippen LogP contribution < -0.4 is 10.4 Å². The molecule has 136 valence electrons. The Hall–Kier alpha value is -3.68. The molecular weight excluding hydrogens is 349 g/mol. The predicted molar refractivity (Wildman–Crippen MR) is 97.5 cm³/mol. The normalized spacial score (nSPS) is 10.9. The zero-order chi connectivity index (χ0) is 18.8. The summed E-state index contributed by atoms with van der Waals surface area (Å²) in [4.78, 5) is 12.7. The number of hydrogen-bond donors (Lipinski definition) is 1. The highest BCUT2D eigenvalue weighted by molar-refractivity contribution is 5.62. The molecule has 0 unspecified atom stereocenters. The van der Waals surface area contributed by atoms with Gasteiger partial charge < -0.3 is 4.74 Å². The summed E-state index contributed by atoms with van der Waals surface area (Å²) in [7, 11) is 1.50. The molecule has 0 radical (unpaired) electrons. The molecule has 0 aliphatic carbocycles. The minimum Gasteiger partial charge on any atom is -0.496 e. The minimum atomic E-state index is -0.388. The van der Waals surface area contributed by atoms with Gasteiger partial charge in [0, 0.05) is 17.3 Å². The third kappa shape index (κ3) is 3.24. The van der Waals surface area contributed by atoms with Crippen LogP contribution in [0.15, 0.2) is 66.0 Å². The Kier molecular flexibility index (Phi) is 4.29. The highest BCUT2D eigenvalue weighted by Gasteiger charge is 2.11. The van der Waals surface area contributed by atoms with E-state index in [4.69, 9.17) is 4.74 Å². The molecule has 0 bridgehead atoms. The van der Waals surface area contributed by atoms with Crippen molar-refractivity contribution in [2.45, 2.75) is 6.54 Å². The van der Waals surface area contributed by atoms with Crippen LogP contribution in [-0.4, -0.2) is 31.7 Å². The third-order valence-electron chi connectivity index (χ3n) is 4.26. The predicted octanol–water partition coefficient (Wildman–Crippen LogP) is 2.62. The lowest BCUT2D eigenvalue weighted by molar-refractivity contribution is 0.406. The zero-order valence-corrected chi connectivity index (χ0v) is 14.5. The second-order valence-electron chi connectivity index (χ2n) is 5.94. The molecule has 0 saturated carbocycles. The molecule has 0 spiro atoms. The van der Waals surface area contributed by atoms with Crippen LogP contribution in [0.25, 0.3) is 16.8 Å². The molecule has 0 aliphatic rings. The number of methoxy groups -OCH3 is 1. The summed E-state index contributed by atoms with van der Waals surface area (Å²) in [5.41, 5.74) is 2.81. The van der Waals surface area contributed by atoms with E-state index in [-0.39, 0.29) is 18.1 Å². The quantitative estimate of drug-likeness (QED) is 0.590. The van der Waals surface area contributed by atoms with Crippen molar-refractivity contribution in [2.24, 2.45) is 0 Å². The maximum Gasteiger partial charge on any atom is 0.350 e. The topological polar surface area (TPSA) is 77.7 Å². The van der Waals surface area contributed by atoms with Gasteiger partial charge in [-0.1, -0.05) is 12.1 Å². The van der Waals surface area contributed by atoms with Crippen molar-refractivity contribution in [2.75, 3.05) is 7.11 Å². The zero-order valence-electron chi connectivity index (χ0n) is 14.5. The van der Waals surface area contributed by atoms with Gasteiger partial charge in [0.1, 0.15) is 17.9 Å². The molecule has 8 heteroatoms. The molecule has 2 aromatic heterocycles. The molecule has 0 atom stereocenters. The van der Waals surface area contributed by atoms with Crippen LogP contribution in [0.4, 0.5) is 4.39 Å². The molecule has 0 fully saturated rings. The third-order valence-corrected chi connectivity index (χ3v) is 4.26. The fourth-order valence-corrected chi connectivity index (χ4v) is 2.88. The van der Waals surface area contributed by atoms with Crippen LogP contribution >= 0.6 is 0 Å². The summed E-state index contributed by atoms with van der Waals surface area (Å²) in [5, 5.41) is 10.9. The SMILES string of the molecule is COc1ccc(F)cc1Cn1cnn(-c2ccc(-c3cn[nH]c3)cc2)c1=O. The molecule has 0 saturated heterocycles. The van der Waals surface area contributed by atoms with Gasteiger partial charge in [0.05, 0.1) is 25.5 Å². The van der Waals surface area contributed by atoms with Gasteiger partial charge in [0.25, 0.3) is 0 Å². The number of H-pyrrole nitrogens is 1. The Morgan fingerprint density at radius 2 is 1.96 bits per heavy atom. The average molecular weight is 365 g/mol. The highest BCUT2D eigenvalue weighted by Crippen LogP contribution is 2.21. The van der Waals surface area contributed by atoms with Crippen LogP contribution in [0.2, 0.25) is 0 Å². The van der Waals surface area contributed by atoms with Crippen molar-refractivity contribution in [1.29, 1.82) is 0 Å². The molecule has 0 amide bonds. The van der Waals surface area contributed by atoms with Gasteiger partial charge in [-0.25, -0.2) is 9.18 Å². The maximum absolute atomic E-state index is 13.5. The smallest absolute Gasteiger partial charge is 0.350 e. The second-order valence-corrected chi connectivity index (χ2v) is 5.94. The summed E-state index contributed by atoms with van der Waals surface area (Å²) in [5.74, 6) is 0.126. The maximum atomic E-state index is 13.5. The standard InChI is InChI=1S/C19H16FN5O2/c1-27-18-7-4-16(20)8-14(18)11-24-12-23-25(19(24)26)17-5-2-13(3-6-17)15-9-21-22-10-15/h2-10,12H,11H2,1H3,(H,21,22). The lowest BCUT2D eigenvalue weighted by Gasteiger charge is -2.08. The van der Waals surface area contributed by atoms with E-state index in [9.17, 15) is 9.18 Å². The van der Waals surface area contributed by atoms with Crippen molar-refractivity contribution in [3.63, 3.8) is 0 Å². The Morgan fingerprint density at radius 3 is 2.67 bits per heavy atom. The number of aromatic nitrogens is 5. The van der Waals surface area contributed by atoms with E-state index in [1.165, 1.54) is 40.9 Å². The van der Waals surface area contributed by atoms with Crippen LogP contribution in [-0.2, 0) is 6.54 Å². The number of halogens is 1. The minimum absolute atomic E-state index is 0.160. The van der Waals surface area contributed by atoms with E-state index in [2.05, 4.69) is 15.3 Å². The fraction of sp³-hybridized carbons (Fsp3) is 0.105. The summed E-state index contributed by atoms with van der Waals surface area (Å²) < 4.78 is 21.5. The van der Waals surface area contributed by atoms with Gasteiger partial charge in [-0.2, -0.15) is 14.9 Å². The van der Waals surface area contributed by atoms with Gasteiger partial charge >= 0.3 is 5.69 Å². The number of hydrogen-bond acceptors (Lipinski definition) is 4. The molecule has 2 aromatic carbocycles. The first-order valence-corrected chi connectivity index (χ1v) is 8.22. The first-order valence-electron chi connectivity index (χ1n) is 8.22. The number of nitrogens with one attached hydrogen (secondary N) is 1. The highest BCUT2D eigenvalue weighted by atomic mass is 19.1. The molecule has 27 heavy (non-hydrogen) atoms. The Balaban J connectivity index is 1.63. The van der Waals surface area contributed by atoms with Crippen LogP contribution in [0.3, 0.4) is 0 Å². The molecule has 2 heterocycles. The average Bonchev–Trinajstić information content (AvgIpc) is 3.33. The number of nitrogens with zero attached hydrogens (tertiary/aromatic N) is 4. The first kappa shape index (κ1) is 16.8. The van der Waals surface area contributed by atoms with E-state index in [0.717, 1.165) is 11.1 Å². The van der Waals surface area contributed by atoms with Gasteiger partial charge in [-0.15, -0.1) is 0 Å². The van der Waals surface area contributed by atoms with Gasteiger partial charge in [-0.05, 0) is 35.9 Å². The van der Waals surface area contributed by atoms with E-state index in [1.807, 2.05) is 24.3 Å². The van der Waals surface area contributed by atoms with E-state index in [1.54, 1.807) is 12.4 Å². The Bertz CT molecular complexity index is 1110. The van der Waals surface area contributed by atoms with Crippen LogP contribution in [0, 0.1) is 5.82 Å². The Morgan fingerprint density at radius 1 is 1.15 bits per heavy atom. The Labute approximate surface area is 153 Å². The summed E-state index contributed by atoms with van der Waals surface area (Å²) in [6.45, 7) is 0.160. The van der Waals surface area contributed by atoms with E-state index >= 15 is 0 Å². The van der Waals surface area contributed by atoms with Gasteiger partial charge in [0.15, 0.2) is 0 Å². The molecule has 0 aliphatic heterocycles. The van der Waals surface area contributed by atoms with Crippen molar-refractivity contribution in [3.8, 4) is 22.6 Å². The summed E-state index contributed by atoms with van der Waals surface area (Å²) in [6, 6.07) is 11.6. The molecular formula is C19H16FN5O2. The lowest BCUT2D eigenvalue weighted by Crippen LogP contribution is -2.24. The fourth-order valence-electron chi connectivity index (χ4n) is 2.88. The van der Waals surface area contributed by atoms with Crippen LogP contribution in [0.5, 0.6) is 5.75 Å². The van der Waals surface area contributed by atoms with E-state index < -0.39 is 0 Å². The molecule has 4 aromatic rings. The largest absolute Gasteiger partial charge is 0.496 e. The number of benzene rings is 2. The van der Waals surface area contributed by atoms with Crippen molar-refractivity contribution in [3.05, 3.63) is 83.1 Å². The molecule has 4 rings (SSSR count). The monoisotopic (exact) mass is 365 g/mol. The number of ether oxygens (including phenoxy) is 1. The molecule has 1 N–H and O–H groups in total. The van der Waals surface area contributed by atoms with Gasteiger partial charge in [-0.3, -0.25) is 9.67 Å². The van der Waals surface area contributed by atoms with Crippen molar-refractivity contribution >= 4 is 0 Å². The lowest BCUT2D eigenvalue weighted by atomic mass is 10.1. The first-order chi connectivity index (χ1) is 13.2. The van der Waals surface area contributed by atoms with Crippen molar-refractivity contribution in [1.82, 2.24) is 24.5 Å². The number of aromatic amines is 1. The number of rotatable bonds is 5. The second kappa shape index (κ2) is 6.91. The molecule has 7 nitrogen and oxygen atoms in total. The van der Waals surface area contributed by atoms with Crippen molar-refractivity contribution < 1.29 is 9.13 Å². The van der Waals surface area contributed by atoms with Gasteiger partial charge in [0.2, 0.25) is 0 Å². The van der Waals surface area contributed by atoms with Crippen LogP contribution in [0.1, 0.15) is 5.56 Å².